The molecule has 0 spiro atoms. The summed E-state index contributed by atoms with van der Waals surface area (Å²) in [4.78, 5) is 19.1. The van der Waals surface area contributed by atoms with E-state index in [1.807, 2.05) is 36.4 Å². The number of benzene rings is 2. The van der Waals surface area contributed by atoms with Crippen molar-refractivity contribution >= 4 is 33.9 Å². The molecule has 1 amide bonds. The van der Waals surface area contributed by atoms with Crippen molar-refractivity contribution in [2.24, 2.45) is 0 Å². The molecule has 0 unspecified atom stereocenters. The van der Waals surface area contributed by atoms with Gasteiger partial charge in [-0.3, -0.25) is 14.5 Å². The highest BCUT2D eigenvalue weighted by Crippen LogP contribution is 2.31. The molecule has 178 valence electrons. The van der Waals surface area contributed by atoms with Gasteiger partial charge in [0.05, 0.1) is 36.0 Å². The summed E-state index contributed by atoms with van der Waals surface area (Å²) < 4.78 is 37.5. The molecule has 1 saturated heterocycles. The van der Waals surface area contributed by atoms with Gasteiger partial charge in [0.2, 0.25) is 0 Å². The lowest BCUT2D eigenvalue weighted by atomic mass is 10.1. The number of nitrogens with zero attached hydrogens (tertiary/aromatic N) is 3. The van der Waals surface area contributed by atoms with Gasteiger partial charge < -0.3 is 9.64 Å². The summed E-state index contributed by atoms with van der Waals surface area (Å²) in [5.74, 6) is -0.231. The van der Waals surface area contributed by atoms with Gasteiger partial charge in [0, 0.05) is 25.0 Å². The largest absolute Gasteiger partial charge is 0.370 e. The lowest BCUT2D eigenvalue weighted by Crippen LogP contribution is -2.42. The molecule has 1 aromatic heterocycles. The van der Waals surface area contributed by atoms with Crippen molar-refractivity contribution in [2.45, 2.75) is 19.2 Å². The maximum Gasteiger partial charge on any atom is 0.255 e. The molecule has 2 aliphatic rings. The number of pyridine rings is 1. The number of hydrogen-bond acceptors (Lipinski definition) is 4. The van der Waals surface area contributed by atoms with E-state index in [0.29, 0.717) is 31.0 Å². The second-order valence-corrected chi connectivity index (χ2v) is 10.5. The van der Waals surface area contributed by atoms with Crippen LogP contribution in [0.4, 0.5) is 9.57 Å². The van der Waals surface area contributed by atoms with Crippen LogP contribution in [-0.2, 0) is 28.5 Å². The molecule has 0 radical (unpaired) electrons. The number of hydrogen-bond donors (Lipinski definition) is 2. The molecular weight excluding hydrogens is 479 g/mol. The van der Waals surface area contributed by atoms with Gasteiger partial charge in [-0.15, -0.1) is 3.89 Å². The summed E-state index contributed by atoms with van der Waals surface area (Å²) in [6.45, 7) is 1.62. The Morgan fingerprint density at radius 3 is 2.74 bits per heavy atom. The molecule has 2 aliphatic heterocycles. The molecule has 10 heteroatoms. The van der Waals surface area contributed by atoms with E-state index in [0.717, 1.165) is 11.1 Å². The number of aromatic nitrogens is 1. The molecule has 0 bridgehead atoms. The first kappa shape index (κ1) is 22.9. The number of morpholine rings is 1. The molecule has 1 N–H and O–H groups in total. The Hall–Kier alpha value is -2.85. The maximum atomic E-state index is 15.1. The fraction of sp³-hybridized carbons (Fsp3) is 0.250. The number of carbonyl (C=O) groups excluding carboxylic acids is 1. The van der Waals surface area contributed by atoms with E-state index in [9.17, 15) is 9.00 Å². The third kappa shape index (κ3) is 4.69. The highest BCUT2D eigenvalue weighted by molar-refractivity contribution is 7.97. The van der Waals surface area contributed by atoms with E-state index in [2.05, 4.69) is 9.71 Å². The summed E-state index contributed by atoms with van der Waals surface area (Å²) in [5.41, 5.74) is 3.09. The predicted molar refractivity (Wildman–Crippen MR) is 130 cm³/mol. The average Bonchev–Trinajstić information content (AvgIpc) is 3.30. The molecule has 5 rings (SSSR count). The molecule has 0 aliphatic carbocycles. The first-order chi connectivity index (χ1) is 16.4. The number of carbonyl (C=O) groups is 1. The van der Waals surface area contributed by atoms with E-state index < -0.39 is 10.7 Å². The molecule has 3 aromatic rings. The van der Waals surface area contributed by atoms with Crippen molar-refractivity contribution in [3.8, 4) is 0 Å². The SMILES string of the molecule is O=C(c1ccc(N[SH](=O)(F)N2Cc3cccnc3C2)cc1Cl)N1CCO[C@@H](c2ccccc2)C1. The smallest absolute Gasteiger partial charge is 0.255 e. The van der Waals surface area contributed by atoms with E-state index in [-0.39, 0.29) is 35.8 Å². The Balaban J connectivity index is 1.27. The Bertz CT molecular complexity index is 1240. The molecule has 2 aromatic carbocycles. The van der Waals surface area contributed by atoms with Crippen molar-refractivity contribution in [1.82, 2.24) is 14.2 Å². The third-order valence-electron chi connectivity index (χ3n) is 6.02. The van der Waals surface area contributed by atoms with Crippen LogP contribution in [0.3, 0.4) is 0 Å². The van der Waals surface area contributed by atoms with Crippen LogP contribution in [0.15, 0.2) is 66.9 Å². The predicted octanol–water partition coefficient (Wildman–Crippen LogP) is 4.11. The quantitative estimate of drug-likeness (QED) is 0.407. The summed E-state index contributed by atoms with van der Waals surface area (Å²) >= 11 is 6.40. The Morgan fingerprint density at radius 1 is 1.15 bits per heavy atom. The summed E-state index contributed by atoms with van der Waals surface area (Å²) in [6.07, 6.45) is 1.42. The van der Waals surface area contributed by atoms with Crippen LogP contribution in [-0.4, -0.2) is 44.0 Å². The highest BCUT2D eigenvalue weighted by atomic mass is 35.5. The Kier molecular flexibility index (Phi) is 6.35. The lowest BCUT2D eigenvalue weighted by Gasteiger charge is -2.33. The first-order valence-corrected chi connectivity index (χ1v) is 12.8. The van der Waals surface area contributed by atoms with Gasteiger partial charge in [-0.05, 0) is 35.4 Å². The average molecular weight is 503 g/mol. The zero-order valence-electron chi connectivity index (χ0n) is 18.2. The van der Waals surface area contributed by atoms with Crippen LogP contribution in [0.1, 0.15) is 33.3 Å². The number of ether oxygens (including phenoxy) is 1. The van der Waals surface area contributed by atoms with Crippen molar-refractivity contribution in [1.29, 1.82) is 0 Å². The highest BCUT2D eigenvalue weighted by Gasteiger charge is 2.31. The minimum Gasteiger partial charge on any atom is -0.370 e. The van der Waals surface area contributed by atoms with Crippen molar-refractivity contribution in [2.75, 3.05) is 24.4 Å². The van der Waals surface area contributed by atoms with Crippen LogP contribution < -0.4 is 4.72 Å². The maximum absolute atomic E-state index is 15.1. The zero-order chi connectivity index (χ0) is 23.7. The molecule has 3 heterocycles. The zero-order valence-corrected chi connectivity index (χ0v) is 19.9. The standard InChI is InChI=1S/C24H24ClFN4O3S/c25-21-13-19(28-34(26,32)30-14-18-7-4-10-27-22(18)15-30)8-9-20(21)24(31)29-11-12-33-23(16-29)17-5-2-1-3-6-17/h1-10,13,23,34H,11-12,14-16H2,(H,28,32)/t23-/m1/s1. The van der Waals surface area contributed by atoms with Crippen LogP contribution in [0.2, 0.25) is 5.02 Å². The molecular formula is C24H24ClFN4O3S. The van der Waals surface area contributed by atoms with E-state index in [1.54, 1.807) is 17.2 Å². The monoisotopic (exact) mass is 502 g/mol. The summed E-state index contributed by atoms with van der Waals surface area (Å²) in [7, 11) is -4.40. The number of anilines is 1. The van der Waals surface area contributed by atoms with Crippen molar-refractivity contribution < 1.29 is 17.6 Å². The second kappa shape index (κ2) is 9.42. The molecule has 1 atom stereocenters. The Morgan fingerprint density at radius 2 is 1.97 bits per heavy atom. The minimum absolute atomic E-state index is 0.154. The van der Waals surface area contributed by atoms with Gasteiger partial charge in [-0.2, -0.15) is 4.31 Å². The van der Waals surface area contributed by atoms with Crippen molar-refractivity contribution in [3.63, 3.8) is 0 Å². The van der Waals surface area contributed by atoms with Gasteiger partial charge in [0.1, 0.15) is 16.8 Å². The number of thiol groups is 1. The number of rotatable bonds is 5. The lowest BCUT2D eigenvalue weighted by molar-refractivity contribution is -0.0228. The van der Waals surface area contributed by atoms with E-state index >= 15 is 3.89 Å². The Labute approximate surface area is 203 Å². The molecule has 0 saturated carbocycles. The summed E-state index contributed by atoms with van der Waals surface area (Å²) in [5, 5.41) is 0.157. The first-order valence-electron chi connectivity index (χ1n) is 10.9. The fourth-order valence-corrected chi connectivity index (χ4v) is 5.74. The fourth-order valence-electron chi connectivity index (χ4n) is 4.23. The summed E-state index contributed by atoms with van der Waals surface area (Å²) in [6, 6.07) is 17.8. The van der Waals surface area contributed by atoms with Crippen LogP contribution in [0, 0.1) is 0 Å². The van der Waals surface area contributed by atoms with Gasteiger partial charge in [-0.25, -0.2) is 4.21 Å². The van der Waals surface area contributed by atoms with E-state index in [1.165, 1.54) is 22.5 Å². The minimum atomic E-state index is -4.40. The number of nitrogens with one attached hydrogen (secondary N) is 1. The number of fused-ring (bicyclic) bond motifs is 1. The van der Waals surface area contributed by atoms with Crippen LogP contribution in [0.25, 0.3) is 0 Å². The third-order valence-corrected chi connectivity index (χ3v) is 7.88. The van der Waals surface area contributed by atoms with E-state index in [4.69, 9.17) is 16.3 Å². The molecule has 1 fully saturated rings. The van der Waals surface area contributed by atoms with Gasteiger partial charge >= 0.3 is 0 Å². The van der Waals surface area contributed by atoms with Gasteiger partial charge in [0.25, 0.3) is 5.91 Å². The normalized spacial score (nSPS) is 19.0. The second-order valence-electron chi connectivity index (χ2n) is 8.26. The topological polar surface area (TPSA) is 74.8 Å². The van der Waals surface area contributed by atoms with Crippen LogP contribution in [0.5, 0.6) is 0 Å². The van der Waals surface area contributed by atoms with Gasteiger partial charge in [-0.1, -0.05) is 48.0 Å². The molecule has 34 heavy (non-hydrogen) atoms. The number of amides is 1. The van der Waals surface area contributed by atoms with Gasteiger partial charge in [0.15, 0.2) is 0 Å². The number of halogens is 2. The van der Waals surface area contributed by atoms with Crippen LogP contribution >= 0.6 is 11.6 Å². The molecule has 7 nitrogen and oxygen atoms in total. The van der Waals surface area contributed by atoms with Crippen molar-refractivity contribution in [3.05, 3.63) is 94.3 Å².